The van der Waals surface area contributed by atoms with Crippen molar-refractivity contribution in [1.82, 2.24) is 16.1 Å². The third-order valence-corrected chi connectivity index (χ3v) is 6.86. The van der Waals surface area contributed by atoms with Crippen LogP contribution in [0.15, 0.2) is 48.5 Å². The molecule has 9 nitrogen and oxygen atoms in total. The maximum atomic E-state index is 13.6. The molecule has 4 N–H and O–H groups in total. The van der Waals surface area contributed by atoms with Crippen molar-refractivity contribution in [1.29, 1.82) is 0 Å². The third kappa shape index (κ3) is 9.51. The van der Waals surface area contributed by atoms with Crippen molar-refractivity contribution in [3.05, 3.63) is 59.7 Å². The highest BCUT2D eigenvalue weighted by Gasteiger charge is 2.36. The van der Waals surface area contributed by atoms with Crippen LogP contribution in [0, 0.1) is 17.8 Å². The van der Waals surface area contributed by atoms with E-state index in [1.807, 2.05) is 50.2 Å². The second-order valence-electron chi connectivity index (χ2n) is 10.5. The van der Waals surface area contributed by atoms with E-state index in [-0.39, 0.29) is 24.8 Å². The van der Waals surface area contributed by atoms with Crippen molar-refractivity contribution in [3.63, 3.8) is 0 Å². The van der Waals surface area contributed by atoms with E-state index in [1.165, 1.54) is 0 Å². The lowest BCUT2D eigenvalue weighted by atomic mass is 9.81. The standard InChI is InChI=1S/C30H40FN3O6/c1-20(2)17-26-25(29(36)34-38)5-3-15-39-23-10-6-21(7-11-23)18-27(33-28(26)35)30(37)32-19-22-8-12-24(13-9-22)40-16-4-14-31/h6-13,20,25-27,38H,3-5,14-19H2,1-2H3,(H,32,37)(H,33,35)(H,34,36)/t25-,26+,27-/m0/s1. The molecule has 0 unspecified atom stereocenters. The van der Waals surface area contributed by atoms with Crippen LogP contribution >= 0.6 is 0 Å². The number of rotatable bonds is 10. The first-order valence-corrected chi connectivity index (χ1v) is 13.8. The Bertz CT molecular complexity index is 1090. The minimum Gasteiger partial charge on any atom is -0.494 e. The van der Waals surface area contributed by atoms with Crippen molar-refractivity contribution >= 4 is 17.7 Å². The van der Waals surface area contributed by atoms with Gasteiger partial charge in [0, 0.05) is 25.3 Å². The largest absolute Gasteiger partial charge is 0.494 e. The average molecular weight is 558 g/mol. The monoisotopic (exact) mass is 557 g/mol. The zero-order chi connectivity index (χ0) is 28.9. The molecule has 0 spiro atoms. The van der Waals surface area contributed by atoms with Crippen molar-refractivity contribution in [2.75, 3.05) is 19.9 Å². The Hall–Kier alpha value is -3.66. The number of benzene rings is 2. The highest BCUT2D eigenvalue weighted by atomic mass is 19.1. The Morgan fingerprint density at radius 2 is 1.85 bits per heavy atom. The van der Waals surface area contributed by atoms with Gasteiger partial charge in [0.25, 0.3) is 0 Å². The molecule has 2 aliphatic heterocycles. The molecule has 4 rings (SSSR count). The fourth-order valence-corrected chi connectivity index (χ4v) is 4.76. The molecule has 0 radical (unpaired) electrons. The number of hydrogen-bond acceptors (Lipinski definition) is 6. The normalized spacial score (nSPS) is 19.7. The van der Waals surface area contributed by atoms with Crippen molar-refractivity contribution in [3.8, 4) is 11.5 Å². The van der Waals surface area contributed by atoms with Crippen LogP contribution in [-0.2, 0) is 27.3 Å². The Balaban J connectivity index is 1.79. The molecule has 0 saturated heterocycles. The molecule has 0 aliphatic carbocycles. The predicted molar refractivity (Wildman–Crippen MR) is 148 cm³/mol. The molecule has 40 heavy (non-hydrogen) atoms. The molecule has 3 amide bonds. The van der Waals surface area contributed by atoms with Crippen LogP contribution in [-0.4, -0.2) is 48.9 Å². The summed E-state index contributed by atoms with van der Waals surface area (Å²) in [4.78, 5) is 39.6. The Morgan fingerprint density at radius 1 is 1.12 bits per heavy atom. The van der Waals surface area contributed by atoms with E-state index in [2.05, 4.69) is 10.6 Å². The highest BCUT2D eigenvalue weighted by Crippen LogP contribution is 2.27. The first-order chi connectivity index (χ1) is 19.3. The quantitative estimate of drug-likeness (QED) is 0.200. The fourth-order valence-electron chi connectivity index (χ4n) is 4.76. The topological polar surface area (TPSA) is 126 Å². The predicted octanol–water partition coefficient (Wildman–Crippen LogP) is 3.73. The summed E-state index contributed by atoms with van der Waals surface area (Å²) in [5, 5.41) is 15.2. The molecule has 2 bridgehead atoms. The Labute approximate surface area is 234 Å². The number of hydrogen-bond donors (Lipinski definition) is 4. The lowest BCUT2D eigenvalue weighted by Gasteiger charge is -2.29. The van der Waals surface area contributed by atoms with Gasteiger partial charge in [-0.25, -0.2) is 5.48 Å². The van der Waals surface area contributed by atoms with Gasteiger partial charge in [-0.1, -0.05) is 38.1 Å². The van der Waals surface area contributed by atoms with Gasteiger partial charge in [0.1, 0.15) is 17.5 Å². The molecule has 2 aliphatic rings. The number of hydroxylamine groups is 1. The molecule has 0 aromatic heterocycles. The minimum atomic E-state index is -0.891. The summed E-state index contributed by atoms with van der Waals surface area (Å²) in [5.41, 5.74) is 3.38. The molecular formula is C30H40FN3O6. The average Bonchev–Trinajstić information content (AvgIpc) is 2.95. The molecule has 0 fully saturated rings. The zero-order valence-electron chi connectivity index (χ0n) is 23.2. The van der Waals surface area contributed by atoms with Crippen molar-refractivity contribution in [2.45, 2.75) is 58.5 Å². The Morgan fingerprint density at radius 3 is 2.50 bits per heavy atom. The van der Waals surface area contributed by atoms with E-state index in [1.54, 1.807) is 17.6 Å². The lowest BCUT2D eigenvalue weighted by Crippen LogP contribution is -2.51. The van der Waals surface area contributed by atoms with Crippen molar-refractivity contribution in [2.24, 2.45) is 17.8 Å². The van der Waals surface area contributed by atoms with Crippen LogP contribution in [0.2, 0.25) is 0 Å². The van der Waals surface area contributed by atoms with E-state index in [4.69, 9.17) is 9.47 Å². The molecule has 0 saturated carbocycles. The van der Waals surface area contributed by atoms with Crippen LogP contribution in [0.4, 0.5) is 4.39 Å². The molecule has 3 atom stereocenters. The second kappa shape index (κ2) is 15.8. The van der Waals surface area contributed by atoms with Gasteiger partial charge in [-0.05, 0) is 60.6 Å². The highest BCUT2D eigenvalue weighted by molar-refractivity contribution is 5.91. The van der Waals surface area contributed by atoms with Crippen LogP contribution in [0.1, 0.15) is 50.7 Å². The van der Waals surface area contributed by atoms with E-state index < -0.39 is 36.4 Å². The van der Waals surface area contributed by atoms with E-state index in [0.29, 0.717) is 50.4 Å². The summed E-state index contributed by atoms with van der Waals surface area (Å²) in [7, 11) is 0. The number of halogens is 1. The van der Waals surface area contributed by atoms with Gasteiger partial charge in [0.2, 0.25) is 17.7 Å². The van der Waals surface area contributed by atoms with Crippen LogP contribution < -0.4 is 25.6 Å². The number of fused-ring (bicyclic) bond motifs is 11. The lowest BCUT2D eigenvalue weighted by molar-refractivity contribution is -0.142. The molecule has 2 aromatic carbocycles. The third-order valence-electron chi connectivity index (χ3n) is 6.86. The second-order valence-corrected chi connectivity index (χ2v) is 10.5. The summed E-state index contributed by atoms with van der Waals surface area (Å²) >= 11 is 0. The van der Waals surface area contributed by atoms with Gasteiger partial charge in [-0.2, -0.15) is 0 Å². The minimum absolute atomic E-state index is 0.0999. The molecule has 218 valence electrons. The first kappa shape index (κ1) is 30.9. The van der Waals surface area contributed by atoms with Crippen LogP contribution in [0.25, 0.3) is 0 Å². The van der Waals surface area contributed by atoms with Gasteiger partial charge in [-0.3, -0.25) is 24.0 Å². The molecular weight excluding hydrogens is 517 g/mol. The van der Waals surface area contributed by atoms with Crippen LogP contribution in [0.3, 0.4) is 0 Å². The van der Waals surface area contributed by atoms with Gasteiger partial charge in [0.05, 0.1) is 25.8 Å². The van der Waals surface area contributed by atoms with Gasteiger partial charge < -0.3 is 20.1 Å². The van der Waals surface area contributed by atoms with E-state index >= 15 is 0 Å². The summed E-state index contributed by atoms with van der Waals surface area (Å²) < 4.78 is 23.6. The van der Waals surface area contributed by atoms with Crippen molar-refractivity contribution < 1.29 is 33.5 Å². The van der Waals surface area contributed by atoms with Gasteiger partial charge in [0.15, 0.2) is 0 Å². The number of amides is 3. The number of carbonyl (C=O) groups is 3. The van der Waals surface area contributed by atoms with Crippen LogP contribution in [0.5, 0.6) is 11.5 Å². The molecule has 2 heterocycles. The SMILES string of the molecule is CC(C)C[C@H]1C(=O)N[C@H](C(=O)NCc2ccc(OCCCF)cc2)Cc2ccc(cc2)OCCC[C@@H]1C(=O)NO. The number of ether oxygens (including phenoxy) is 2. The Kier molecular flexibility index (Phi) is 12.2. The fraction of sp³-hybridized carbons (Fsp3) is 0.500. The maximum absolute atomic E-state index is 13.6. The number of carbonyl (C=O) groups excluding carboxylic acids is 3. The zero-order valence-corrected chi connectivity index (χ0v) is 23.2. The first-order valence-electron chi connectivity index (χ1n) is 13.8. The summed E-state index contributed by atoms with van der Waals surface area (Å²) in [6.45, 7) is 4.36. The van der Waals surface area contributed by atoms with E-state index in [9.17, 15) is 24.0 Å². The summed E-state index contributed by atoms with van der Waals surface area (Å²) in [6.07, 6.45) is 1.81. The van der Waals surface area contributed by atoms with E-state index in [0.717, 1.165) is 11.1 Å². The summed E-state index contributed by atoms with van der Waals surface area (Å²) in [5.74, 6) is -1.54. The summed E-state index contributed by atoms with van der Waals surface area (Å²) in [6, 6.07) is 13.6. The molecule has 10 heteroatoms. The smallest absolute Gasteiger partial charge is 0.247 e. The van der Waals surface area contributed by atoms with Gasteiger partial charge in [-0.15, -0.1) is 0 Å². The maximum Gasteiger partial charge on any atom is 0.247 e. The number of alkyl halides is 1. The molecule has 2 aromatic rings. The van der Waals surface area contributed by atoms with Gasteiger partial charge >= 0.3 is 0 Å². The number of nitrogens with one attached hydrogen (secondary N) is 3.